The lowest BCUT2D eigenvalue weighted by Gasteiger charge is -2.04. The Bertz CT molecular complexity index is 563. The number of rotatable bonds is 5. The van der Waals surface area contributed by atoms with Gasteiger partial charge in [0.1, 0.15) is 0 Å². The van der Waals surface area contributed by atoms with Gasteiger partial charge < -0.3 is 20.0 Å². The maximum atomic E-state index is 11.6. The van der Waals surface area contributed by atoms with Crippen LogP contribution in [0.25, 0.3) is 0 Å². The smallest absolute Gasteiger partial charge is 0.287 e. The quantitative estimate of drug-likeness (QED) is 0.776. The predicted molar refractivity (Wildman–Crippen MR) is 71.4 cm³/mol. The second-order valence-electron chi connectivity index (χ2n) is 3.78. The summed E-state index contributed by atoms with van der Waals surface area (Å²) in [6.45, 7) is 0.325. The van der Waals surface area contributed by atoms with E-state index in [1.54, 1.807) is 18.5 Å². The van der Waals surface area contributed by atoms with Gasteiger partial charge in [-0.3, -0.25) is 9.59 Å². The van der Waals surface area contributed by atoms with Crippen molar-refractivity contribution in [1.29, 1.82) is 0 Å². The van der Waals surface area contributed by atoms with Crippen molar-refractivity contribution < 1.29 is 14.0 Å². The van der Waals surface area contributed by atoms with Gasteiger partial charge >= 0.3 is 0 Å². The summed E-state index contributed by atoms with van der Waals surface area (Å²) in [4.78, 5) is 26.0. The van der Waals surface area contributed by atoms with Gasteiger partial charge in [0, 0.05) is 18.9 Å². The number of halogens is 1. The van der Waals surface area contributed by atoms with Crippen LogP contribution in [-0.2, 0) is 11.3 Å². The fourth-order valence-corrected chi connectivity index (χ4v) is 1.72. The molecule has 0 bridgehead atoms. The van der Waals surface area contributed by atoms with Crippen LogP contribution in [0.3, 0.4) is 0 Å². The molecule has 19 heavy (non-hydrogen) atoms. The van der Waals surface area contributed by atoms with Crippen molar-refractivity contribution in [2.24, 2.45) is 0 Å². The zero-order valence-electron chi connectivity index (χ0n) is 9.90. The van der Waals surface area contributed by atoms with Gasteiger partial charge in [0.15, 0.2) is 10.4 Å². The summed E-state index contributed by atoms with van der Waals surface area (Å²) in [6, 6.07) is 5.00. The average Bonchev–Trinajstić information content (AvgIpc) is 3.04. The van der Waals surface area contributed by atoms with E-state index < -0.39 is 5.91 Å². The summed E-state index contributed by atoms with van der Waals surface area (Å²) in [7, 11) is 0. The van der Waals surface area contributed by atoms with E-state index >= 15 is 0 Å². The van der Waals surface area contributed by atoms with Gasteiger partial charge in [-0.2, -0.15) is 0 Å². The van der Waals surface area contributed by atoms with Crippen molar-refractivity contribution in [2.75, 3.05) is 6.54 Å². The van der Waals surface area contributed by atoms with Crippen LogP contribution in [0.1, 0.15) is 16.1 Å². The number of aromatic nitrogens is 1. The monoisotopic (exact) mass is 325 g/mol. The molecule has 3 N–H and O–H groups in total. The SMILES string of the molecule is O=C(CNC(=O)c1ccc(Br)o1)NCc1cc[nH]c1. The first-order chi connectivity index (χ1) is 9.15. The molecule has 2 amide bonds. The number of amides is 2. The normalized spacial score (nSPS) is 10.2. The molecule has 0 unspecified atom stereocenters. The highest BCUT2D eigenvalue weighted by molar-refractivity contribution is 9.10. The number of hydrogen-bond acceptors (Lipinski definition) is 3. The third kappa shape index (κ3) is 3.99. The Morgan fingerprint density at radius 2 is 2.11 bits per heavy atom. The van der Waals surface area contributed by atoms with E-state index in [1.165, 1.54) is 6.07 Å². The van der Waals surface area contributed by atoms with E-state index in [0.29, 0.717) is 11.2 Å². The maximum absolute atomic E-state index is 11.6. The molecule has 2 aromatic rings. The first-order valence-corrected chi connectivity index (χ1v) is 6.36. The molecular formula is C12H12BrN3O3. The van der Waals surface area contributed by atoms with E-state index in [9.17, 15) is 9.59 Å². The molecule has 2 rings (SSSR count). The lowest BCUT2D eigenvalue weighted by Crippen LogP contribution is -2.36. The fourth-order valence-electron chi connectivity index (χ4n) is 1.42. The van der Waals surface area contributed by atoms with Gasteiger partial charge in [-0.05, 0) is 39.7 Å². The lowest BCUT2D eigenvalue weighted by atomic mass is 10.3. The van der Waals surface area contributed by atoms with E-state index in [-0.39, 0.29) is 18.2 Å². The molecule has 0 aliphatic heterocycles. The number of furan rings is 1. The summed E-state index contributed by atoms with van der Waals surface area (Å²) < 4.78 is 5.53. The van der Waals surface area contributed by atoms with Gasteiger partial charge in [-0.1, -0.05) is 0 Å². The summed E-state index contributed by atoms with van der Waals surface area (Å²) in [5, 5.41) is 5.15. The first kappa shape index (κ1) is 13.4. The Balaban J connectivity index is 1.73. The van der Waals surface area contributed by atoms with Crippen LogP contribution >= 0.6 is 15.9 Å². The number of aromatic amines is 1. The van der Waals surface area contributed by atoms with E-state index in [2.05, 4.69) is 31.5 Å². The molecule has 7 heteroatoms. The third-order valence-electron chi connectivity index (χ3n) is 2.36. The largest absolute Gasteiger partial charge is 0.444 e. The Kier molecular flexibility index (Phi) is 4.40. The summed E-state index contributed by atoms with van der Waals surface area (Å²) >= 11 is 3.10. The van der Waals surface area contributed by atoms with Gasteiger partial charge in [0.25, 0.3) is 5.91 Å². The lowest BCUT2D eigenvalue weighted by molar-refractivity contribution is -0.120. The van der Waals surface area contributed by atoms with Crippen LogP contribution in [0, 0.1) is 0 Å². The number of hydrogen-bond donors (Lipinski definition) is 3. The zero-order chi connectivity index (χ0) is 13.7. The van der Waals surface area contributed by atoms with Crippen LogP contribution in [0.4, 0.5) is 0 Å². The third-order valence-corrected chi connectivity index (χ3v) is 2.78. The number of nitrogens with one attached hydrogen (secondary N) is 3. The van der Waals surface area contributed by atoms with Crippen LogP contribution in [0.2, 0.25) is 0 Å². The molecule has 100 valence electrons. The van der Waals surface area contributed by atoms with Crippen molar-refractivity contribution in [2.45, 2.75) is 6.54 Å². The minimum Gasteiger partial charge on any atom is -0.444 e. The predicted octanol–water partition coefficient (Wildman–Crippen LogP) is 1.42. The minimum atomic E-state index is -0.428. The van der Waals surface area contributed by atoms with Crippen molar-refractivity contribution in [3.05, 3.63) is 46.6 Å². The number of carbonyl (C=O) groups is 2. The molecule has 2 heterocycles. The molecule has 2 aromatic heterocycles. The summed E-state index contributed by atoms with van der Waals surface area (Å²) in [6.07, 6.45) is 3.57. The number of carbonyl (C=O) groups excluding carboxylic acids is 2. The van der Waals surface area contributed by atoms with Crippen LogP contribution < -0.4 is 10.6 Å². The van der Waals surface area contributed by atoms with E-state index in [0.717, 1.165) is 5.56 Å². The standard InChI is InChI=1S/C12H12BrN3O3/c13-10-2-1-9(19-10)12(18)16-7-11(17)15-6-8-3-4-14-5-8/h1-5,14H,6-7H2,(H,15,17)(H,16,18). The molecule has 0 spiro atoms. The fraction of sp³-hybridized carbons (Fsp3) is 0.167. The minimum absolute atomic E-state index is 0.0957. The zero-order valence-corrected chi connectivity index (χ0v) is 11.5. The molecule has 0 aromatic carbocycles. The maximum Gasteiger partial charge on any atom is 0.287 e. The van der Waals surface area contributed by atoms with E-state index in [4.69, 9.17) is 4.42 Å². The van der Waals surface area contributed by atoms with Crippen molar-refractivity contribution in [1.82, 2.24) is 15.6 Å². The Morgan fingerprint density at radius 1 is 1.26 bits per heavy atom. The molecule has 0 aliphatic carbocycles. The second kappa shape index (κ2) is 6.24. The Morgan fingerprint density at radius 3 is 2.74 bits per heavy atom. The average molecular weight is 326 g/mol. The summed E-state index contributed by atoms with van der Waals surface area (Å²) in [5.74, 6) is -0.534. The molecule has 0 saturated heterocycles. The highest BCUT2D eigenvalue weighted by atomic mass is 79.9. The highest BCUT2D eigenvalue weighted by Gasteiger charge is 2.11. The van der Waals surface area contributed by atoms with Gasteiger partial charge in [-0.25, -0.2) is 0 Å². The van der Waals surface area contributed by atoms with Crippen molar-refractivity contribution in [3.63, 3.8) is 0 Å². The second-order valence-corrected chi connectivity index (χ2v) is 4.56. The molecule has 0 atom stereocenters. The molecule has 6 nitrogen and oxygen atoms in total. The number of H-pyrrole nitrogens is 1. The molecular weight excluding hydrogens is 314 g/mol. The van der Waals surface area contributed by atoms with Crippen LogP contribution in [-0.4, -0.2) is 23.3 Å². The van der Waals surface area contributed by atoms with Crippen molar-refractivity contribution >= 4 is 27.7 Å². The molecule has 0 radical (unpaired) electrons. The van der Waals surface area contributed by atoms with Crippen LogP contribution in [0.15, 0.2) is 39.7 Å². The summed E-state index contributed by atoms with van der Waals surface area (Å²) in [5.41, 5.74) is 0.967. The highest BCUT2D eigenvalue weighted by Crippen LogP contribution is 2.13. The van der Waals surface area contributed by atoms with Gasteiger partial charge in [-0.15, -0.1) is 0 Å². The topological polar surface area (TPSA) is 87.1 Å². The van der Waals surface area contributed by atoms with Gasteiger partial charge in [0.05, 0.1) is 6.54 Å². The van der Waals surface area contributed by atoms with Gasteiger partial charge in [0.2, 0.25) is 5.91 Å². The Labute approximate surface area is 117 Å². The molecule has 0 saturated carbocycles. The Hall–Kier alpha value is -2.02. The first-order valence-electron chi connectivity index (χ1n) is 5.57. The van der Waals surface area contributed by atoms with Crippen LogP contribution in [0.5, 0.6) is 0 Å². The molecule has 0 aliphatic rings. The van der Waals surface area contributed by atoms with E-state index in [1.807, 2.05) is 6.07 Å². The molecule has 0 fully saturated rings. The van der Waals surface area contributed by atoms with Crippen molar-refractivity contribution in [3.8, 4) is 0 Å².